The smallest absolute Gasteiger partial charge is 0.317 e. The zero-order valence-electron chi connectivity index (χ0n) is 13.4. The summed E-state index contributed by atoms with van der Waals surface area (Å²) in [6, 6.07) is 6.14. The molecule has 1 aliphatic heterocycles. The molecule has 1 aliphatic rings. The van der Waals surface area contributed by atoms with Gasteiger partial charge in [0.1, 0.15) is 0 Å². The number of hydrogen-bond acceptors (Lipinski definition) is 4. The van der Waals surface area contributed by atoms with Crippen LogP contribution in [0.1, 0.15) is 16.9 Å². The Morgan fingerprint density at radius 2 is 2.22 bits per heavy atom. The highest BCUT2D eigenvalue weighted by molar-refractivity contribution is 7.09. The Labute approximate surface area is 140 Å². The molecule has 0 aliphatic carbocycles. The molecular weight excluding hydrogens is 308 g/mol. The van der Waals surface area contributed by atoms with E-state index in [2.05, 4.69) is 28.2 Å². The van der Waals surface area contributed by atoms with Crippen LogP contribution in [0.5, 0.6) is 0 Å². The van der Waals surface area contributed by atoms with Gasteiger partial charge in [-0.3, -0.25) is 4.98 Å². The quantitative estimate of drug-likeness (QED) is 0.941. The molecule has 122 valence electrons. The summed E-state index contributed by atoms with van der Waals surface area (Å²) in [4.78, 5) is 22.0. The molecule has 3 rings (SSSR count). The number of rotatable bonds is 3. The number of urea groups is 1. The maximum absolute atomic E-state index is 12.3. The van der Waals surface area contributed by atoms with E-state index < -0.39 is 0 Å². The number of anilines is 1. The van der Waals surface area contributed by atoms with E-state index in [1.165, 1.54) is 16.1 Å². The first-order chi connectivity index (χ1) is 11.2. The molecular formula is C17H22N4OS. The maximum Gasteiger partial charge on any atom is 0.317 e. The second-order valence-electron chi connectivity index (χ2n) is 5.73. The molecule has 0 atom stereocenters. The van der Waals surface area contributed by atoms with Crippen LogP contribution in [-0.4, -0.2) is 42.1 Å². The van der Waals surface area contributed by atoms with E-state index in [4.69, 9.17) is 0 Å². The van der Waals surface area contributed by atoms with Crippen LogP contribution in [0.15, 0.2) is 36.0 Å². The number of nitrogens with one attached hydrogen (secondary N) is 1. The van der Waals surface area contributed by atoms with Crippen molar-refractivity contribution in [2.45, 2.75) is 19.9 Å². The lowest BCUT2D eigenvalue weighted by Gasteiger charge is -2.25. The second-order valence-corrected chi connectivity index (χ2v) is 6.76. The number of pyridine rings is 1. The Hall–Kier alpha value is -2.08. The van der Waals surface area contributed by atoms with E-state index in [0.29, 0.717) is 6.54 Å². The predicted octanol–water partition coefficient (Wildman–Crippen LogP) is 2.87. The Bertz CT molecular complexity index is 644. The van der Waals surface area contributed by atoms with Gasteiger partial charge in [0.15, 0.2) is 0 Å². The van der Waals surface area contributed by atoms with Gasteiger partial charge in [-0.15, -0.1) is 11.3 Å². The number of carbonyl (C=O) groups is 1. The van der Waals surface area contributed by atoms with Crippen molar-refractivity contribution in [3.8, 4) is 0 Å². The van der Waals surface area contributed by atoms with E-state index in [1.807, 2.05) is 34.8 Å². The molecule has 0 bridgehead atoms. The fourth-order valence-electron chi connectivity index (χ4n) is 2.87. The lowest BCUT2D eigenvalue weighted by atomic mass is 10.2. The zero-order valence-corrected chi connectivity index (χ0v) is 14.2. The van der Waals surface area contributed by atoms with Gasteiger partial charge >= 0.3 is 6.03 Å². The molecule has 0 radical (unpaired) electrons. The summed E-state index contributed by atoms with van der Waals surface area (Å²) >= 11 is 1.67. The molecule has 0 unspecified atom stereocenters. The van der Waals surface area contributed by atoms with Crippen molar-refractivity contribution in [3.63, 3.8) is 0 Å². The predicted molar refractivity (Wildman–Crippen MR) is 93.9 cm³/mol. The van der Waals surface area contributed by atoms with E-state index in [-0.39, 0.29) is 6.03 Å². The zero-order chi connectivity index (χ0) is 16.1. The minimum absolute atomic E-state index is 0.0340. The third-order valence-electron chi connectivity index (χ3n) is 4.11. The van der Waals surface area contributed by atoms with E-state index >= 15 is 0 Å². The van der Waals surface area contributed by atoms with Gasteiger partial charge in [-0.25, -0.2) is 4.79 Å². The third-order valence-corrected chi connectivity index (χ3v) is 4.98. The van der Waals surface area contributed by atoms with Gasteiger partial charge in [0.25, 0.3) is 0 Å². The Kier molecular flexibility index (Phi) is 5.12. The summed E-state index contributed by atoms with van der Waals surface area (Å²) in [6.45, 7) is 6.07. The molecule has 2 aromatic rings. The Morgan fingerprint density at radius 3 is 3.00 bits per heavy atom. The van der Waals surface area contributed by atoms with Gasteiger partial charge in [-0.1, -0.05) is 6.07 Å². The van der Waals surface area contributed by atoms with Crippen LogP contribution in [0.3, 0.4) is 0 Å². The van der Waals surface area contributed by atoms with Gasteiger partial charge in [0.05, 0.1) is 6.54 Å². The fraction of sp³-hybridized carbons (Fsp3) is 0.412. The molecule has 23 heavy (non-hydrogen) atoms. The fourth-order valence-corrected chi connectivity index (χ4v) is 3.51. The highest BCUT2D eigenvalue weighted by atomic mass is 32.1. The first kappa shape index (κ1) is 15.8. The van der Waals surface area contributed by atoms with Gasteiger partial charge in [-0.2, -0.15) is 0 Å². The summed E-state index contributed by atoms with van der Waals surface area (Å²) in [5.41, 5.74) is 2.41. The summed E-state index contributed by atoms with van der Waals surface area (Å²) in [5.74, 6) is 0. The number of amides is 2. The average Bonchev–Trinajstić information content (AvgIpc) is 2.96. The van der Waals surface area contributed by atoms with Crippen LogP contribution in [0, 0.1) is 6.92 Å². The van der Waals surface area contributed by atoms with Gasteiger partial charge in [-0.05, 0) is 36.4 Å². The molecule has 5 nitrogen and oxygen atoms in total. The normalized spacial score (nSPS) is 15.3. The molecule has 2 aromatic heterocycles. The standard InChI is InChI=1S/C17H22N4OS/c1-14-12-18-6-5-16(14)20-7-3-8-21(10-9-20)17(22)19-13-15-4-2-11-23-15/h2,4-6,11-12H,3,7-10,13H2,1H3,(H,19,22). The number of nitrogens with zero attached hydrogens (tertiary/aromatic N) is 3. The summed E-state index contributed by atoms with van der Waals surface area (Å²) in [6.07, 6.45) is 4.71. The van der Waals surface area contributed by atoms with Crippen LogP contribution < -0.4 is 10.2 Å². The minimum Gasteiger partial charge on any atom is -0.369 e. The number of aryl methyl sites for hydroxylation is 1. The molecule has 1 N–H and O–H groups in total. The molecule has 3 heterocycles. The van der Waals surface area contributed by atoms with Gasteiger partial charge in [0, 0.05) is 49.1 Å². The lowest BCUT2D eigenvalue weighted by Crippen LogP contribution is -2.41. The topological polar surface area (TPSA) is 48.5 Å². The molecule has 1 saturated heterocycles. The van der Waals surface area contributed by atoms with Crippen LogP contribution in [0.25, 0.3) is 0 Å². The lowest BCUT2D eigenvalue weighted by molar-refractivity contribution is 0.201. The van der Waals surface area contributed by atoms with Crippen molar-refractivity contribution in [1.82, 2.24) is 15.2 Å². The SMILES string of the molecule is Cc1cnccc1N1CCCN(C(=O)NCc2cccs2)CC1. The van der Waals surface area contributed by atoms with Crippen molar-refractivity contribution >= 4 is 23.1 Å². The average molecular weight is 330 g/mol. The largest absolute Gasteiger partial charge is 0.369 e. The summed E-state index contributed by atoms with van der Waals surface area (Å²) in [5, 5.41) is 5.05. The second kappa shape index (κ2) is 7.46. The maximum atomic E-state index is 12.3. The summed E-state index contributed by atoms with van der Waals surface area (Å²) < 4.78 is 0. The first-order valence-electron chi connectivity index (χ1n) is 7.95. The van der Waals surface area contributed by atoms with Crippen molar-refractivity contribution in [2.24, 2.45) is 0 Å². The van der Waals surface area contributed by atoms with Crippen molar-refractivity contribution in [2.75, 3.05) is 31.1 Å². The molecule has 6 heteroatoms. The molecule has 0 spiro atoms. The van der Waals surface area contributed by atoms with Crippen LogP contribution in [0.4, 0.5) is 10.5 Å². The highest BCUT2D eigenvalue weighted by Gasteiger charge is 2.19. The number of hydrogen-bond donors (Lipinski definition) is 1. The van der Waals surface area contributed by atoms with E-state index in [9.17, 15) is 4.79 Å². The summed E-state index contributed by atoms with van der Waals surface area (Å²) in [7, 11) is 0. The molecule has 1 fully saturated rings. The number of carbonyl (C=O) groups excluding carboxylic acids is 1. The molecule has 0 saturated carbocycles. The van der Waals surface area contributed by atoms with Gasteiger partial charge < -0.3 is 15.1 Å². The Balaban J connectivity index is 1.55. The van der Waals surface area contributed by atoms with E-state index in [0.717, 1.165) is 32.6 Å². The first-order valence-corrected chi connectivity index (χ1v) is 8.83. The minimum atomic E-state index is 0.0340. The van der Waals surface area contributed by atoms with Crippen molar-refractivity contribution in [1.29, 1.82) is 0 Å². The van der Waals surface area contributed by atoms with Gasteiger partial charge in [0.2, 0.25) is 0 Å². The number of aromatic nitrogens is 1. The van der Waals surface area contributed by atoms with Crippen LogP contribution in [-0.2, 0) is 6.54 Å². The van der Waals surface area contributed by atoms with Crippen molar-refractivity contribution in [3.05, 3.63) is 46.4 Å². The highest BCUT2D eigenvalue weighted by Crippen LogP contribution is 2.20. The monoisotopic (exact) mass is 330 g/mol. The van der Waals surface area contributed by atoms with Crippen LogP contribution >= 0.6 is 11.3 Å². The molecule has 2 amide bonds. The van der Waals surface area contributed by atoms with E-state index in [1.54, 1.807) is 11.3 Å². The number of thiophene rings is 1. The third kappa shape index (κ3) is 4.01. The molecule has 0 aromatic carbocycles. The van der Waals surface area contributed by atoms with Crippen LogP contribution in [0.2, 0.25) is 0 Å². The van der Waals surface area contributed by atoms with Crippen molar-refractivity contribution < 1.29 is 4.79 Å². The Morgan fingerprint density at radius 1 is 1.30 bits per heavy atom.